The van der Waals surface area contributed by atoms with Crippen molar-refractivity contribution in [1.82, 2.24) is 14.4 Å². The summed E-state index contributed by atoms with van der Waals surface area (Å²) in [4.78, 5) is 21.2. The van der Waals surface area contributed by atoms with E-state index in [1.165, 1.54) is 6.20 Å². The summed E-state index contributed by atoms with van der Waals surface area (Å²) in [6, 6.07) is 11.9. The van der Waals surface area contributed by atoms with E-state index >= 15 is 0 Å². The number of fused-ring (bicyclic) bond motifs is 1. The maximum absolute atomic E-state index is 12.9. The van der Waals surface area contributed by atoms with Crippen LogP contribution in [0.4, 0.5) is 0 Å². The van der Waals surface area contributed by atoms with Gasteiger partial charge in [0.25, 0.3) is 0 Å². The van der Waals surface area contributed by atoms with Gasteiger partial charge < -0.3 is 0 Å². The molecular formula is C23H21N3O3S. The van der Waals surface area contributed by atoms with Crippen LogP contribution in [0.2, 0.25) is 0 Å². The lowest BCUT2D eigenvalue weighted by atomic mass is 10.0. The number of sulfone groups is 1. The zero-order chi connectivity index (χ0) is 21.3. The Bertz CT molecular complexity index is 1340. The Morgan fingerprint density at radius 3 is 2.43 bits per heavy atom. The van der Waals surface area contributed by atoms with Gasteiger partial charge in [-0.15, -0.1) is 0 Å². The molecule has 30 heavy (non-hydrogen) atoms. The molecule has 2 aromatic carbocycles. The summed E-state index contributed by atoms with van der Waals surface area (Å²) >= 11 is 0. The van der Waals surface area contributed by atoms with Crippen LogP contribution < -0.4 is 0 Å². The van der Waals surface area contributed by atoms with Gasteiger partial charge in [0.05, 0.1) is 15.4 Å². The highest BCUT2D eigenvalue weighted by Gasteiger charge is 2.18. The van der Waals surface area contributed by atoms with Crippen molar-refractivity contribution < 1.29 is 13.2 Å². The first-order valence-electron chi connectivity index (χ1n) is 9.58. The van der Waals surface area contributed by atoms with Crippen molar-refractivity contribution in [2.75, 3.05) is 0 Å². The first kappa shape index (κ1) is 20.0. The van der Waals surface area contributed by atoms with Crippen LogP contribution in [0, 0.1) is 13.8 Å². The topological polar surface area (TPSA) is 81.4 Å². The second-order valence-corrected chi connectivity index (χ2v) is 9.24. The molecule has 0 amide bonds. The number of carbonyl (C=O) groups is 1. The number of hydrogen-bond donors (Lipinski definition) is 0. The molecule has 0 unspecified atom stereocenters. The van der Waals surface area contributed by atoms with E-state index in [0.717, 1.165) is 16.7 Å². The summed E-state index contributed by atoms with van der Waals surface area (Å²) in [6.45, 7) is 3.85. The lowest BCUT2D eigenvalue weighted by Crippen LogP contribution is -2.05. The maximum atomic E-state index is 12.9. The minimum atomic E-state index is -3.57. The van der Waals surface area contributed by atoms with Gasteiger partial charge in [-0.3, -0.25) is 9.20 Å². The second kappa shape index (κ2) is 7.84. The number of rotatable bonds is 6. The fourth-order valence-corrected chi connectivity index (χ4v) is 4.56. The van der Waals surface area contributed by atoms with Crippen molar-refractivity contribution in [2.24, 2.45) is 0 Å². The molecule has 2 aromatic heterocycles. The molecule has 0 aliphatic carbocycles. The van der Waals surface area contributed by atoms with E-state index in [2.05, 4.69) is 9.97 Å². The van der Waals surface area contributed by atoms with E-state index in [1.54, 1.807) is 59.4 Å². The van der Waals surface area contributed by atoms with Crippen LogP contribution >= 0.6 is 0 Å². The van der Waals surface area contributed by atoms with Gasteiger partial charge >= 0.3 is 0 Å². The first-order chi connectivity index (χ1) is 14.3. The molecule has 7 heteroatoms. The number of carbonyl (C=O) groups excluding carboxylic acids is 1. The van der Waals surface area contributed by atoms with E-state index in [1.807, 2.05) is 19.9 Å². The summed E-state index contributed by atoms with van der Waals surface area (Å²) in [5.41, 5.74) is 3.42. The third kappa shape index (κ3) is 3.89. The summed E-state index contributed by atoms with van der Waals surface area (Å²) in [6.07, 6.45) is 7.45. The van der Waals surface area contributed by atoms with Gasteiger partial charge in [-0.1, -0.05) is 18.2 Å². The van der Waals surface area contributed by atoms with Crippen LogP contribution in [-0.2, 0) is 16.3 Å². The van der Waals surface area contributed by atoms with Gasteiger partial charge in [0.2, 0.25) is 15.6 Å². The average Bonchev–Trinajstić information content (AvgIpc) is 3.22. The SMILES string of the molecule is Cc1ccc(S(=O)(=O)c2ccc(CCC(=O)c3cnc4nccn4c3)cc2)cc1C. The standard InChI is InChI=1S/C23H21N3O3S/c1-16-3-7-21(13-17(16)2)30(28,29)20-8-4-18(5-9-20)6-10-22(27)19-14-25-23-24-11-12-26(23)15-19/h3-5,7-9,11-15H,6,10H2,1-2H3. The molecule has 0 saturated carbocycles. The van der Waals surface area contributed by atoms with Gasteiger partial charge in [0.15, 0.2) is 5.78 Å². The third-order valence-corrected chi connectivity index (χ3v) is 7.00. The molecule has 0 fully saturated rings. The van der Waals surface area contributed by atoms with Crippen molar-refractivity contribution >= 4 is 21.4 Å². The van der Waals surface area contributed by atoms with Crippen LogP contribution in [0.15, 0.2) is 77.0 Å². The molecular weight excluding hydrogens is 398 g/mol. The Hall–Kier alpha value is -3.32. The third-order valence-electron chi connectivity index (χ3n) is 5.23. The van der Waals surface area contributed by atoms with Crippen molar-refractivity contribution in [3.63, 3.8) is 0 Å². The van der Waals surface area contributed by atoms with E-state index < -0.39 is 9.84 Å². The van der Waals surface area contributed by atoms with Crippen molar-refractivity contribution in [2.45, 2.75) is 36.5 Å². The molecule has 0 bridgehead atoms. The smallest absolute Gasteiger partial charge is 0.233 e. The van der Waals surface area contributed by atoms with E-state index in [4.69, 9.17) is 0 Å². The number of hydrogen-bond acceptors (Lipinski definition) is 5. The lowest BCUT2D eigenvalue weighted by Gasteiger charge is -2.08. The number of aryl methyl sites for hydroxylation is 3. The monoisotopic (exact) mass is 419 g/mol. The number of ketones is 1. The Labute approximate surface area is 175 Å². The quantitative estimate of drug-likeness (QED) is 0.441. The van der Waals surface area contributed by atoms with Crippen molar-refractivity contribution in [1.29, 1.82) is 0 Å². The zero-order valence-electron chi connectivity index (χ0n) is 16.7. The summed E-state index contributed by atoms with van der Waals surface area (Å²) < 4.78 is 27.5. The molecule has 0 atom stereocenters. The molecule has 0 N–H and O–H groups in total. The van der Waals surface area contributed by atoms with E-state index in [0.29, 0.717) is 24.2 Å². The fraction of sp³-hybridized carbons (Fsp3) is 0.174. The Morgan fingerprint density at radius 2 is 1.70 bits per heavy atom. The largest absolute Gasteiger partial charge is 0.294 e. The highest BCUT2D eigenvalue weighted by atomic mass is 32.2. The highest BCUT2D eigenvalue weighted by molar-refractivity contribution is 7.91. The van der Waals surface area contributed by atoms with Crippen LogP contribution in [-0.4, -0.2) is 28.6 Å². The van der Waals surface area contributed by atoms with Gasteiger partial charge in [-0.2, -0.15) is 0 Å². The van der Waals surface area contributed by atoms with Gasteiger partial charge in [-0.05, 0) is 61.2 Å². The molecule has 0 saturated heterocycles. The predicted molar refractivity (Wildman–Crippen MR) is 113 cm³/mol. The van der Waals surface area contributed by atoms with Gasteiger partial charge in [-0.25, -0.2) is 18.4 Å². The van der Waals surface area contributed by atoms with Crippen LogP contribution in [0.5, 0.6) is 0 Å². The summed E-state index contributed by atoms with van der Waals surface area (Å²) in [7, 11) is -3.57. The lowest BCUT2D eigenvalue weighted by molar-refractivity contribution is 0.0982. The number of imidazole rings is 1. The van der Waals surface area contributed by atoms with Crippen LogP contribution in [0.25, 0.3) is 5.78 Å². The number of nitrogens with zero attached hydrogens (tertiary/aromatic N) is 3. The molecule has 6 nitrogen and oxygen atoms in total. The fourth-order valence-electron chi connectivity index (χ4n) is 3.21. The predicted octanol–water partition coefficient (Wildman–Crippen LogP) is 3.99. The number of aromatic nitrogens is 3. The molecule has 0 aliphatic rings. The zero-order valence-corrected chi connectivity index (χ0v) is 17.6. The summed E-state index contributed by atoms with van der Waals surface area (Å²) in [5.74, 6) is 0.525. The maximum Gasteiger partial charge on any atom is 0.233 e. The van der Waals surface area contributed by atoms with Crippen LogP contribution in [0.3, 0.4) is 0 Å². The minimum Gasteiger partial charge on any atom is -0.294 e. The number of Topliss-reactive ketones (excluding diaryl/α,β-unsaturated/α-hetero) is 1. The first-order valence-corrected chi connectivity index (χ1v) is 11.1. The molecule has 0 radical (unpaired) electrons. The van der Waals surface area contributed by atoms with Crippen molar-refractivity contribution in [3.05, 3.63) is 89.5 Å². The molecule has 0 aliphatic heterocycles. The molecule has 0 spiro atoms. The molecule has 152 valence electrons. The molecule has 4 aromatic rings. The Morgan fingerprint density at radius 1 is 0.967 bits per heavy atom. The molecule has 4 rings (SSSR count). The second-order valence-electron chi connectivity index (χ2n) is 7.29. The molecule has 2 heterocycles. The van der Waals surface area contributed by atoms with E-state index in [-0.39, 0.29) is 15.6 Å². The summed E-state index contributed by atoms with van der Waals surface area (Å²) in [5, 5.41) is 0. The van der Waals surface area contributed by atoms with Crippen molar-refractivity contribution in [3.8, 4) is 0 Å². The van der Waals surface area contributed by atoms with Gasteiger partial charge in [0, 0.05) is 31.2 Å². The normalized spacial score (nSPS) is 11.7. The van der Waals surface area contributed by atoms with E-state index in [9.17, 15) is 13.2 Å². The highest BCUT2D eigenvalue weighted by Crippen LogP contribution is 2.23. The average molecular weight is 420 g/mol. The number of benzene rings is 2. The van der Waals surface area contributed by atoms with Gasteiger partial charge in [0.1, 0.15) is 0 Å². The minimum absolute atomic E-state index is 0.0232. The van der Waals surface area contributed by atoms with Crippen LogP contribution in [0.1, 0.15) is 33.5 Å². The Kier molecular flexibility index (Phi) is 5.22. The Balaban J connectivity index is 1.46.